The molecular formula is C19H26N4O2. The summed E-state index contributed by atoms with van der Waals surface area (Å²) in [5, 5.41) is 2.88. The van der Waals surface area contributed by atoms with E-state index in [0.717, 1.165) is 43.7 Å². The molecule has 2 heterocycles. The Bertz CT molecular complexity index is 622. The maximum absolute atomic E-state index is 12.3. The van der Waals surface area contributed by atoms with E-state index in [1.54, 1.807) is 6.20 Å². The van der Waals surface area contributed by atoms with Gasteiger partial charge in [-0.05, 0) is 37.8 Å². The zero-order valence-corrected chi connectivity index (χ0v) is 14.6. The Balaban J connectivity index is 1.38. The molecule has 0 unspecified atom stereocenters. The van der Waals surface area contributed by atoms with Crippen molar-refractivity contribution in [1.29, 1.82) is 0 Å². The summed E-state index contributed by atoms with van der Waals surface area (Å²) in [5.41, 5.74) is 0.877. The van der Waals surface area contributed by atoms with Gasteiger partial charge in [0.1, 0.15) is 5.82 Å². The predicted molar refractivity (Wildman–Crippen MR) is 97.2 cm³/mol. The maximum atomic E-state index is 12.3. The molecule has 0 saturated carbocycles. The van der Waals surface area contributed by atoms with E-state index >= 15 is 0 Å². The predicted octanol–water partition coefficient (Wildman–Crippen LogP) is 1.74. The number of rotatable bonds is 5. The number of carbonyl (C=O) groups is 2. The highest BCUT2D eigenvalue weighted by Gasteiger charge is 2.21. The van der Waals surface area contributed by atoms with Crippen LogP contribution in [0.25, 0.3) is 0 Å². The second kappa shape index (κ2) is 8.65. The first-order valence-electron chi connectivity index (χ1n) is 9.15. The summed E-state index contributed by atoms with van der Waals surface area (Å²) >= 11 is 0. The standard InChI is InChI=1S/C19H26N4O2/c24-18(9-11-21-19(25)16-6-2-1-3-7-16)23-14-12-22(13-15-23)17-8-4-5-10-20-17/h4-6,8,10H,1-3,7,9,11-15H2,(H,21,25). The molecule has 2 amide bonds. The lowest BCUT2D eigenvalue weighted by Crippen LogP contribution is -2.49. The molecule has 25 heavy (non-hydrogen) atoms. The second-order valence-corrected chi connectivity index (χ2v) is 6.54. The topological polar surface area (TPSA) is 65.5 Å². The lowest BCUT2D eigenvalue weighted by molar-refractivity contribution is -0.131. The lowest BCUT2D eigenvalue weighted by atomic mass is 9.99. The van der Waals surface area contributed by atoms with Gasteiger partial charge in [0, 0.05) is 50.9 Å². The molecule has 1 fully saturated rings. The smallest absolute Gasteiger partial charge is 0.246 e. The Kier molecular flexibility index (Phi) is 6.04. The summed E-state index contributed by atoms with van der Waals surface area (Å²) in [6.45, 7) is 3.41. The van der Waals surface area contributed by atoms with Gasteiger partial charge >= 0.3 is 0 Å². The van der Waals surface area contributed by atoms with Crippen molar-refractivity contribution in [3.63, 3.8) is 0 Å². The van der Waals surface area contributed by atoms with Crippen molar-refractivity contribution in [2.75, 3.05) is 37.6 Å². The Morgan fingerprint density at radius 3 is 2.64 bits per heavy atom. The van der Waals surface area contributed by atoms with Crippen molar-refractivity contribution in [2.45, 2.75) is 32.1 Å². The van der Waals surface area contributed by atoms with Gasteiger partial charge in [-0.2, -0.15) is 0 Å². The normalized spacial score (nSPS) is 17.8. The molecular weight excluding hydrogens is 316 g/mol. The van der Waals surface area contributed by atoms with E-state index in [1.165, 1.54) is 6.42 Å². The van der Waals surface area contributed by atoms with Gasteiger partial charge in [0.05, 0.1) is 0 Å². The highest BCUT2D eigenvalue weighted by atomic mass is 16.2. The number of carbonyl (C=O) groups excluding carboxylic acids is 2. The molecule has 6 heteroatoms. The van der Waals surface area contributed by atoms with E-state index in [2.05, 4.69) is 15.2 Å². The van der Waals surface area contributed by atoms with Gasteiger partial charge in [0.15, 0.2) is 0 Å². The average molecular weight is 342 g/mol. The number of anilines is 1. The fourth-order valence-corrected chi connectivity index (χ4v) is 3.32. The largest absolute Gasteiger partial charge is 0.353 e. The first-order chi connectivity index (χ1) is 12.2. The van der Waals surface area contributed by atoms with Gasteiger partial charge in [-0.1, -0.05) is 12.1 Å². The van der Waals surface area contributed by atoms with Crippen molar-refractivity contribution < 1.29 is 9.59 Å². The molecule has 3 rings (SSSR count). The van der Waals surface area contributed by atoms with Gasteiger partial charge < -0.3 is 15.1 Å². The monoisotopic (exact) mass is 342 g/mol. The molecule has 1 aliphatic heterocycles. The zero-order valence-electron chi connectivity index (χ0n) is 14.6. The fraction of sp³-hybridized carbons (Fsp3) is 0.526. The fourth-order valence-electron chi connectivity index (χ4n) is 3.32. The number of hydrogen-bond acceptors (Lipinski definition) is 4. The summed E-state index contributed by atoms with van der Waals surface area (Å²) in [7, 11) is 0. The Morgan fingerprint density at radius 1 is 1.12 bits per heavy atom. The minimum atomic E-state index is -0.00697. The second-order valence-electron chi connectivity index (χ2n) is 6.54. The molecule has 0 atom stereocenters. The molecule has 0 spiro atoms. The summed E-state index contributed by atoms with van der Waals surface area (Å²) in [6.07, 6.45) is 8.27. The number of amides is 2. The molecule has 1 aromatic heterocycles. The molecule has 1 N–H and O–H groups in total. The zero-order chi connectivity index (χ0) is 17.5. The van der Waals surface area contributed by atoms with E-state index in [1.807, 2.05) is 29.2 Å². The molecule has 0 aromatic carbocycles. The van der Waals surface area contributed by atoms with Gasteiger partial charge in [0.25, 0.3) is 0 Å². The van der Waals surface area contributed by atoms with Crippen LogP contribution < -0.4 is 10.2 Å². The number of allylic oxidation sites excluding steroid dienone is 1. The van der Waals surface area contributed by atoms with Crippen LogP contribution in [0.4, 0.5) is 5.82 Å². The molecule has 0 bridgehead atoms. The van der Waals surface area contributed by atoms with Gasteiger partial charge in [-0.3, -0.25) is 9.59 Å². The molecule has 1 saturated heterocycles. The molecule has 134 valence electrons. The van der Waals surface area contributed by atoms with E-state index in [-0.39, 0.29) is 11.8 Å². The van der Waals surface area contributed by atoms with Crippen LogP contribution in [-0.2, 0) is 9.59 Å². The number of pyridine rings is 1. The summed E-state index contributed by atoms with van der Waals surface area (Å²) in [4.78, 5) is 32.8. The molecule has 2 aliphatic rings. The lowest BCUT2D eigenvalue weighted by Gasteiger charge is -2.35. The highest BCUT2D eigenvalue weighted by molar-refractivity contribution is 5.93. The number of aromatic nitrogens is 1. The summed E-state index contributed by atoms with van der Waals surface area (Å²) in [5.74, 6) is 1.06. The van der Waals surface area contributed by atoms with E-state index in [0.29, 0.717) is 26.1 Å². The average Bonchev–Trinajstić information content (AvgIpc) is 2.69. The Labute approximate surface area is 148 Å². The van der Waals surface area contributed by atoms with E-state index in [4.69, 9.17) is 0 Å². The number of hydrogen-bond donors (Lipinski definition) is 1. The first-order valence-corrected chi connectivity index (χ1v) is 9.15. The van der Waals surface area contributed by atoms with Crippen LogP contribution in [0.3, 0.4) is 0 Å². The number of nitrogens with zero attached hydrogens (tertiary/aromatic N) is 3. The van der Waals surface area contributed by atoms with Crippen molar-refractivity contribution in [1.82, 2.24) is 15.2 Å². The minimum Gasteiger partial charge on any atom is -0.353 e. The first kappa shape index (κ1) is 17.5. The Morgan fingerprint density at radius 2 is 1.96 bits per heavy atom. The van der Waals surface area contributed by atoms with Crippen LogP contribution in [0.1, 0.15) is 32.1 Å². The van der Waals surface area contributed by atoms with Crippen LogP contribution in [0.15, 0.2) is 36.0 Å². The number of nitrogens with one attached hydrogen (secondary N) is 1. The third-order valence-corrected chi connectivity index (χ3v) is 4.81. The van der Waals surface area contributed by atoms with Crippen molar-refractivity contribution in [3.8, 4) is 0 Å². The van der Waals surface area contributed by atoms with Crippen molar-refractivity contribution >= 4 is 17.6 Å². The van der Waals surface area contributed by atoms with Crippen LogP contribution in [0.2, 0.25) is 0 Å². The SMILES string of the molecule is O=C(NCCC(=O)N1CCN(c2ccccn2)CC1)C1=CCCCC1. The van der Waals surface area contributed by atoms with Crippen LogP contribution in [-0.4, -0.2) is 54.4 Å². The van der Waals surface area contributed by atoms with Gasteiger partial charge in [-0.25, -0.2) is 4.98 Å². The van der Waals surface area contributed by atoms with E-state index < -0.39 is 0 Å². The summed E-state index contributed by atoms with van der Waals surface area (Å²) < 4.78 is 0. The number of piperazine rings is 1. The molecule has 1 aromatic rings. The minimum absolute atomic E-state index is 0.00697. The maximum Gasteiger partial charge on any atom is 0.246 e. The third-order valence-electron chi connectivity index (χ3n) is 4.81. The van der Waals surface area contributed by atoms with Crippen LogP contribution in [0, 0.1) is 0 Å². The molecule has 1 aliphatic carbocycles. The highest BCUT2D eigenvalue weighted by Crippen LogP contribution is 2.17. The quantitative estimate of drug-likeness (QED) is 0.885. The van der Waals surface area contributed by atoms with Crippen LogP contribution in [0.5, 0.6) is 0 Å². The molecule has 0 radical (unpaired) electrons. The van der Waals surface area contributed by atoms with Gasteiger partial charge in [0.2, 0.25) is 11.8 Å². The van der Waals surface area contributed by atoms with Crippen molar-refractivity contribution in [2.24, 2.45) is 0 Å². The third kappa shape index (κ3) is 4.81. The Hall–Kier alpha value is -2.37. The van der Waals surface area contributed by atoms with Crippen molar-refractivity contribution in [3.05, 3.63) is 36.0 Å². The van der Waals surface area contributed by atoms with Gasteiger partial charge in [-0.15, -0.1) is 0 Å². The molecule has 6 nitrogen and oxygen atoms in total. The van der Waals surface area contributed by atoms with Crippen LogP contribution >= 0.6 is 0 Å². The van der Waals surface area contributed by atoms with E-state index in [9.17, 15) is 9.59 Å². The summed E-state index contributed by atoms with van der Waals surface area (Å²) in [6, 6.07) is 5.87.